The summed E-state index contributed by atoms with van der Waals surface area (Å²) in [5.74, 6) is 0.152. The lowest BCUT2D eigenvalue weighted by molar-refractivity contribution is 0.0955. The van der Waals surface area contributed by atoms with Gasteiger partial charge in [-0.15, -0.1) is 11.3 Å². The average molecular weight is 546 g/mol. The minimum Gasteiger partial charge on any atom is -0.478 e. The van der Waals surface area contributed by atoms with Gasteiger partial charge in [-0.25, -0.2) is 10.4 Å². The van der Waals surface area contributed by atoms with Gasteiger partial charge in [-0.05, 0) is 49.4 Å². The predicted molar refractivity (Wildman–Crippen MR) is 142 cm³/mol. The standard InChI is InChI=1S/C26H20BrN5O2S/c1-17-2-9-22(10-3-17)30-26-31-23(16-35-26)18-4-6-19(7-5-18)25(33)32-29-15-20-14-21(27)8-11-24(20)34-13-12-28/h2-11,14-16H,13H2,1H3,(H,30,31)(H,32,33)/b29-15-. The molecule has 0 aliphatic rings. The van der Waals surface area contributed by atoms with E-state index < -0.39 is 0 Å². The van der Waals surface area contributed by atoms with Crippen molar-refractivity contribution in [2.24, 2.45) is 5.10 Å². The van der Waals surface area contributed by atoms with Crippen molar-refractivity contribution < 1.29 is 9.53 Å². The molecule has 0 atom stereocenters. The second-order valence-corrected chi connectivity index (χ2v) is 9.21. The summed E-state index contributed by atoms with van der Waals surface area (Å²) in [4.78, 5) is 17.1. The van der Waals surface area contributed by atoms with Gasteiger partial charge in [-0.1, -0.05) is 45.8 Å². The molecule has 1 aromatic heterocycles. The van der Waals surface area contributed by atoms with Crippen LogP contribution < -0.4 is 15.5 Å². The van der Waals surface area contributed by atoms with Gasteiger partial charge >= 0.3 is 0 Å². The molecule has 1 amide bonds. The largest absolute Gasteiger partial charge is 0.478 e. The summed E-state index contributed by atoms with van der Waals surface area (Å²) in [6, 6.07) is 22.5. The molecule has 0 spiro atoms. The van der Waals surface area contributed by atoms with Crippen LogP contribution in [0.4, 0.5) is 10.8 Å². The second kappa shape index (κ2) is 11.4. The number of aryl methyl sites for hydroxylation is 1. The fourth-order valence-electron chi connectivity index (χ4n) is 3.10. The number of ether oxygens (including phenoxy) is 1. The Bertz CT molecular complexity index is 1390. The van der Waals surface area contributed by atoms with E-state index in [1.165, 1.54) is 23.1 Å². The van der Waals surface area contributed by atoms with Crippen LogP contribution in [0.15, 0.2) is 81.7 Å². The highest BCUT2D eigenvalue weighted by atomic mass is 79.9. The topological polar surface area (TPSA) is 99.4 Å². The van der Waals surface area contributed by atoms with E-state index in [1.807, 2.05) is 54.8 Å². The van der Waals surface area contributed by atoms with Crippen LogP contribution in [0.1, 0.15) is 21.5 Å². The molecular weight excluding hydrogens is 526 g/mol. The molecule has 0 unspecified atom stereocenters. The third kappa shape index (κ3) is 6.53. The van der Waals surface area contributed by atoms with Crippen molar-refractivity contribution in [3.8, 4) is 23.1 Å². The first-order valence-corrected chi connectivity index (χ1v) is 12.2. The summed E-state index contributed by atoms with van der Waals surface area (Å²) in [6.45, 7) is 1.97. The number of halogens is 1. The average Bonchev–Trinajstić information content (AvgIpc) is 3.33. The lowest BCUT2D eigenvalue weighted by atomic mass is 10.1. The van der Waals surface area contributed by atoms with E-state index >= 15 is 0 Å². The molecule has 0 bridgehead atoms. The third-order valence-corrected chi connectivity index (χ3v) is 6.13. The summed E-state index contributed by atoms with van der Waals surface area (Å²) in [5, 5.41) is 18.8. The molecule has 9 heteroatoms. The highest BCUT2D eigenvalue weighted by molar-refractivity contribution is 9.10. The number of nitriles is 1. The minimum atomic E-state index is -0.345. The molecule has 4 aromatic rings. The van der Waals surface area contributed by atoms with E-state index in [1.54, 1.807) is 30.3 Å². The lowest BCUT2D eigenvalue weighted by Crippen LogP contribution is -2.17. The summed E-state index contributed by atoms with van der Waals surface area (Å²) in [7, 11) is 0. The number of nitrogens with zero attached hydrogens (tertiary/aromatic N) is 3. The summed E-state index contributed by atoms with van der Waals surface area (Å²) in [5.41, 5.74) is 7.53. The Morgan fingerprint density at radius 1 is 1.17 bits per heavy atom. The second-order valence-electron chi connectivity index (χ2n) is 7.43. The summed E-state index contributed by atoms with van der Waals surface area (Å²) < 4.78 is 6.21. The Labute approximate surface area is 215 Å². The number of benzene rings is 3. The smallest absolute Gasteiger partial charge is 0.271 e. The zero-order chi connectivity index (χ0) is 24.6. The number of amides is 1. The first kappa shape index (κ1) is 24.1. The monoisotopic (exact) mass is 545 g/mol. The molecule has 1 heterocycles. The van der Waals surface area contributed by atoms with E-state index in [2.05, 4.69) is 36.8 Å². The van der Waals surface area contributed by atoms with Crippen molar-refractivity contribution in [3.05, 3.63) is 93.3 Å². The Kier molecular flexibility index (Phi) is 7.88. The normalized spacial score (nSPS) is 10.7. The number of hydrazone groups is 1. The number of hydrogen-bond donors (Lipinski definition) is 2. The van der Waals surface area contributed by atoms with Gasteiger partial charge in [0.25, 0.3) is 5.91 Å². The van der Waals surface area contributed by atoms with Gasteiger partial charge in [0.2, 0.25) is 0 Å². The van der Waals surface area contributed by atoms with Crippen LogP contribution in [-0.4, -0.2) is 23.7 Å². The van der Waals surface area contributed by atoms with Crippen LogP contribution in [0, 0.1) is 18.3 Å². The number of nitrogens with one attached hydrogen (secondary N) is 2. The molecule has 0 saturated carbocycles. The van der Waals surface area contributed by atoms with Crippen molar-refractivity contribution in [2.75, 3.05) is 11.9 Å². The SMILES string of the molecule is Cc1ccc(Nc2nc(-c3ccc(C(=O)N/N=C\c4cc(Br)ccc4OCC#N)cc3)cs2)cc1. The summed E-state index contributed by atoms with van der Waals surface area (Å²) in [6.07, 6.45) is 1.47. The number of hydrogen-bond acceptors (Lipinski definition) is 7. The molecule has 0 aliphatic heterocycles. The van der Waals surface area contributed by atoms with Crippen LogP contribution in [0.5, 0.6) is 5.75 Å². The zero-order valence-electron chi connectivity index (χ0n) is 18.7. The van der Waals surface area contributed by atoms with Crippen LogP contribution in [-0.2, 0) is 0 Å². The maximum atomic E-state index is 12.5. The third-order valence-electron chi connectivity index (χ3n) is 4.88. The molecule has 3 aromatic carbocycles. The van der Waals surface area contributed by atoms with Crippen molar-refractivity contribution >= 4 is 50.2 Å². The van der Waals surface area contributed by atoms with Crippen molar-refractivity contribution in [1.82, 2.24) is 10.4 Å². The van der Waals surface area contributed by atoms with Gasteiger partial charge in [0, 0.05) is 32.2 Å². The van der Waals surface area contributed by atoms with Gasteiger partial charge < -0.3 is 10.1 Å². The first-order valence-electron chi connectivity index (χ1n) is 10.5. The number of thiazole rings is 1. The van der Waals surface area contributed by atoms with E-state index in [-0.39, 0.29) is 12.5 Å². The number of aromatic nitrogens is 1. The van der Waals surface area contributed by atoms with Crippen LogP contribution >= 0.6 is 27.3 Å². The number of rotatable bonds is 8. The fraction of sp³-hybridized carbons (Fsp3) is 0.0769. The fourth-order valence-corrected chi connectivity index (χ4v) is 4.22. The lowest BCUT2D eigenvalue weighted by Gasteiger charge is -2.06. The highest BCUT2D eigenvalue weighted by Crippen LogP contribution is 2.27. The van der Waals surface area contributed by atoms with Crippen LogP contribution in [0.3, 0.4) is 0 Å². The van der Waals surface area contributed by atoms with E-state index in [9.17, 15) is 4.79 Å². The molecule has 7 nitrogen and oxygen atoms in total. The Morgan fingerprint density at radius 2 is 1.94 bits per heavy atom. The maximum absolute atomic E-state index is 12.5. The van der Waals surface area contributed by atoms with Gasteiger partial charge in [0.05, 0.1) is 11.9 Å². The molecule has 2 N–H and O–H groups in total. The quantitative estimate of drug-likeness (QED) is 0.200. The maximum Gasteiger partial charge on any atom is 0.271 e. The highest BCUT2D eigenvalue weighted by Gasteiger charge is 2.09. The predicted octanol–water partition coefficient (Wildman–Crippen LogP) is 6.29. The Morgan fingerprint density at radius 3 is 2.69 bits per heavy atom. The van der Waals surface area contributed by atoms with Gasteiger partial charge in [0.15, 0.2) is 11.7 Å². The molecule has 0 saturated heterocycles. The van der Waals surface area contributed by atoms with Crippen molar-refractivity contribution in [1.29, 1.82) is 5.26 Å². The molecule has 0 aliphatic carbocycles. The number of anilines is 2. The number of carbonyl (C=O) groups is 1. The molecular formula is C26H20BrN5O2S. The molecule has 0 fully saturated rings. The summed E-state index contributed by atoms with van der Waals surface area (Å²) >= 11 is 4.91. The Hall–Kier alpha value is -4.00. The first-order chi connectivity index (χ1) is 17.0. The van der Waals surface area contributed by atoms with Gasteiger partial charge in [-0.2, -0.15) is 10.4 Å². The zero-order valence-corrected chi connectivity index (χ0v) is 21.1. The van der Waals surface area contributed by atoms with Crippen molar-refractivity contribution in [2.45, 2.75) is 6.92 Å². The molecule has 174 valence electrons. The van der Waals surface area contributed by atoms with E-state index in [0.717, 1.165) is 26.5 Å². The van der Waals surface area contributed by atoms with Gasteiger partial charge in [0.1, 0.15) is 11.8 Å². The van der Waals surface area contributed by atoms with Crippen LogP contribution in [0.2, 0.25) is 0 Å². The number of carbonyl (C=O) groups excluding carboxylic acids is 1. The molecule has 0 radical (unpaired) electrons. The van der Waals surface area contributed by atoms with E-state index in [0.29, 0.717) is 16.9 Å². The molecule has 35 heavy (non-hydrogen) atoms. The van der Waals surface area contributed by atoms with E-state index in [4.69, 9.17) is 10.00 Å². The van der Waals surface area contributed by atoms with Crippen LogP contribution in [0.25, 0.3) is 11.3 Å². The van der Waals surface area contributed by atoms with Gasteiger partial charge in [-0.3, -0.25) is 4.79 Å². The Balaban J connectivity index is 1.38. The minimum absolute atomic E-state index is 0.0797. The van der Waals surface area contributed by atoms with Crippen molar-refractivity contribution in [3.63, 3.8) is 0 Å². The molecule has 4 rings (SSSR count).